The predicted octanol–water partition coefficient (Wildman–Crippen LogP) is 4.23. The molecule has 12 nitrogen and oxygen atoms in total. The summed E-state index contributed by atoms with van der Waals surface area (Å²) in [4.78, 5) is 33.7. The van der Waals surface area contributed by atoms with Crippen LogP contribution >= 0.6 is 22.9 Å². The molecule has 0 bridgehead atoms. The Morgan fingerprint density at radius 3 is 2.50 bits per heavy atom. The number of nitro groups is 1. The van der Waals surface area contributed by atoms with Gasteiger partial charge in [0.1, 0.15) is 10.8 Å². The van der Waals surface area contributed by atoms with E-state index in [1.54, 1.807) is 24.3 Å². The molecule has 2 heterocycles. The molecule has 15 heteroatoms. The van der Waals surface area contributed by atoms with E-state index in [4.69, 9.17) is 21.4 Å². The van der Waals surface area contributed by atoms with Gasteiger partial charge in [0.15, 0.2) is 17.2 Å². The predicted molar refractivity (Wildman–Crippen MR) is 149 cm³/mol. The third-order valence-electron chi connectivity index (χ3n) is 6.17. The van der Waals surface area contributed by atoms with Gasteiger partial charge in [-0.2, -0.15) is 0 Å². The van der Waals surface area contributed by atoms with Gasteiger partial charge in [-0.25, -0.2) is 18.0 Å². The van der Waals surface area contributed by atoms with E-state index < -0.39 is 45.3 Å². The maximum atomic E-state index is 13.9. The Hall–Kier alpha value is -3.72. The number of carboxylic acids is 2. The van der Waals surface area contributed by atoms with E-state index in [0.29, 0.717) is 31.5 Å². The van der Waals surface area contributed by atoms with Crippen LogP contribution in [0.4, 0.5) is 11.4 Å². The maximum absolute atomic E-state index is 13.9. The van der Waals surface area contributed by atoms with Crippen molar-refractivity contribution in [2.45, 2.75) is 24.6 Å². The first-order valence-corrected chi connectivity index (χ1v) is 14.8. The summed E-state index contributed by atoms with van der Waals surface area (Å²) in [5, 5.41) is 33.2. The lowest BCUT2D eigenvalue weighted by Crippen LogP contribution is -2.46. The molecule has 1 aromatic heterocycles. The normalized spacial score (nSPS) is 14.0. The molecule has 3 aromatic rings. The summed E-state index contributed by atoms with van der Waals surface area (Å²) in [6.07, 6.45) is 0.993. The lowest BCUT2D eigenvalue weighted by Gasteiger charge is -2.35. The Morgan fingerprint density at radius 1 is 1.15 bits per heavy atom. The molecule has 0 spiro atoms. The van der Waals surface area contributed by atoms with Crippen LogP contribution in [-0.2, 0) is 20.6 Å². The molecular weight excluding hydrogens is 586 g/mol. The van der Waals surface area contributed by atoms with Crippen LogP contribution in [0.2, 0.25) is 5.02 Å². The average Bonchev–Trinajstić information content (AvgIpc) is 3.24. The van der Waals surface area contributed by atoms with Crippen molar-refractivity contribution in [1.82, 2.24) is 5.32 Å². The number of piperidine rings is 1. The second-order valence-electron chi connectivity index (χ2n) is 8.86. The maximum Gasteiger partial charge on any atom is 0.349 e. The molecule has 1 fully saturated rings. The molecule has 1 aliphatic rings. The molecule has 1 aliphatic heterocycles. The first kappa shape index (κ1) is 29.3. The molecule has 2 aromatic carbocycles. The van der Waals surface area contributed by atoms with Crippen LogP contribution in [0.1, 0.15) is 28.1 Å². The largest absolute Gasteiger partial charge is 0.479 e. The molecule has 0 unspecified atom stereocenters. The zero-order valence-corrected chi connectivity index (χ0v) is 23.2. The topological polar surface area (TPSA) is 176 Å². The van der Waals surface area contributed by atoms with Crippen LogP contribution in [-0.4, -0.2) is 61.2 Å². The van der Waals surface area contributed by atoms with Gasteiger partial charge in [0.25, 0.3) is 5.69 Å². The third-order valence-corrected chi connectivity index (χ3v) is 9.64. The number of sulfonamides is 1. The van der Waals surface area contributed by atoms with Crippen LogP contribution in [0.25, 0.3) is 10.4 Å². The number of hydrogen-bond acceptors (Lipinski definition) is 9. The fraction of sp³-hybridized carbons (Fsp3) is 0.280. The van der Waals surface area contributed by atoms with E-state index in [1.165, 1.54) is 28.6 Å². The molecule has 0 saturated carbocycles. The highest BCUT2D eigenvalue weighted by atomic mass is 35.5. The van der Waals surface area contributed by atoms with Crippen LogP contribution in [0.15, 0.2) is 48.5 Å². The number of carbonyl (C=O) groups is 2. The number of aromatic carboxylic acids is 1. The third kappa shape index (κ3) is 6.36. The van der Waals surface area contributed by atoms with Crippen LogP contribution in [0, 0.1) is 10.1 Å². The SMILES string of the molecule is O=C(O)COc1c(C(=O)O)sc(-c2cccc(N(C3CCNCC3)S(=O)(=O)Cc3ccccc3[N+](=O)[O-])c2)c1Cl. The standard InChI is InChI=1S/C25H24ClN3O9S2/c26-21-22(38-13-20(30)31)24(25(32)33)39-23(21)15-5-3-6-18(12-15)28(17-8-10-27-11-9-17)40(36,37)14-16-4-1-2-7-19(16)29(34)35/h1-7,12,17,27H,8-11,13-14H2,(H,30,31)(H,32,33). The number of aliphatic carboxylic acids is 1. The zero-order chi connectivity index (χ0) is 29.0. The van der Waals surface area contributed by atoms with Crippen molar-refractivity contribution in [3.63, 3.8) is 0 Å². The minimum absolute atomic E-state index is 0.0511. The van der Waals surface area contributed by atoms with E-state index in [-0.39, 0.29) is 37.5 Å². The van der Waals surface area contributed by atoms with Crippen molar-refractivity contribution >= 4 is 56.3 Å². The van der Waals surface area contributed by atoms with Crippen molar-refractivity contribution in [2.24, 2.45) is 0 Å². The number of para-hydroxylation sites is 1. The monoisotopic (exact) mass is 609 g/mol. The number of hydrogen-bond donors (Lipinski definition) is 3. The summed E-state index contributed by atoms with van der Waals surface area (Å²) in [6.45, 7) is 0.347. The minimum Gasteiger partial charge on any atom is -0.479 e. The highest BCUT2D eigenvalue weighted by Crippen LogP contribution is 2.46. The summed E-state index contributed by atoms with van der Waals surface area (Å²) >= 11 is 7.21. The summed E-state index contributed by atoms with van der Waals surface area (Å²) in [6, 6.07) is 11.6. The van der Waals surface area contributed by atoms with Gasteiger partial charge in [-0.15, -0.1) is 11.3 Å². The number of nitro benzene ring substituents is 1. The van der Waals surface area contributed by atoms with E-state index in [1.807, 2.05) is 0 Å². The number of halogens is 1. The zero-order valence-electron chi connectivity index (χ0n) is 20.8. The number of nitrogens with zero attached hydrogens (tertiary/aromatic N) is 2. The Bertz CT molecular complexity index is 1550. The molecule has 4 rings (SSSR count). The molecule has 0 atom stereocenters. The second-order valence-corrected chi connectivity index (χ2v) is 12.1. The van der Waals surface area contributed by atoms with E-state index >= 15 is 0 Å². The quantitative estimate of drug-likeness (QED) is 0.211. The van der Waals surface area contributed by atoms with Crippen molar-refractivity contribution in [3.8, 4) is 16.2 Å². The summed E-state index contributed by atoms with van der Waals surface area (Å²) in [5.41, 5.74) is 0.415. The van der Waals surface area contributed by atoms with E-state index in [0.717, 1.165) is 11.3 Å². The van der Waals surface area contributed by atoms with Crippen molar-refractivity contribution in [3.05, 3.63) is 74.1 Å². The highest BCUT2D eigenvalue weighted by molar-refractivity contribution is 7.92. The van der Waals surface area contributed by atoms with Gasteiger partial charge in [0.2, 0.25) is 10.0 Å². The van der Waals surface area contributed by atoms with Crippen molar-refractivity contribution < 1.29 is 37.9 Å². The van der Waals surface area contributed by atoms with Gasteiger partial charge in [0, 0.05) is 17.7 Å². The molecule has 0 aliphatic carbocycles. The number of anilines is 1. The van der Waals surface area contributed by atoms with Gasteiger partial charge in [-0.05, 0) is 43.6 Å². The van der Waals surface area contributed by atoms with Gasteiger partial charge in [-0.1, -0.05) is 41.9 Å². The van der Waals surface area contributed by atoms with Gasteiger partial charge >= 0.3 is 11.9 Å². The van der Waals surface area contributed by atoms with Crippen molar-refractivity contribution in [2.75, 3.05) is 24.0 Å². The fourth-order valence-corrected chi connectivity index (χ4v) is 7.76. The lowest BCUT2D eigenvalue weighted by atomic mass is 10.1. The number of benzene rings is 2. The fourth-order valence-electron chi connectivity index (χ4n) is 4.49. The first-order valence-electron chi connectivity index (χ1n) is 12.0. The Labute approximate surface area is 238 Å². The number of thiophene rings is 1. The van der Waals surface area contributed by atoms with E-state index in [2.05, 4.69) is 5.32 Å². The average molecular weight is 610 g/mol. The summed E-state index contributed by atoms with van der Waals surface area (Å²) in [7, 11) is -4.14. The molecule has 0 radical (unpaired) electrons. The number of rotatable bonds is 11. The van der Waals surface area contributed by atoms with Crippen LogP contribution in [0.3, 0.4) is 0 Å². The van der Waals surface area contributed by atoms with Crippen LogP contribution < -0.4 is 14.4 Å². The second kappa shape index (κ2) is 12.2. The number of carboxylic acid groups (broad SMARTS) is 2. The molecule has 3 N–H and O–H groups in total. The first-order chi connectivity index (χ1) is 19.0. The smallest absolute Gasteiger partial charge is 0.349 e. The Kier molecular flexibility index (Phi) is 8.93. The molecular formula is C25H24ClN3O9S2. The van der Waals surface area contributed by atoms with Gasteiger partial charge < -0.3 is 20.3 Å². The van der Waals surface area contributed by atoms with Gasteiger partial charge in [-0.3, -0.25) is 14.4 Å². The Balaban J connectivity index is 1.79. The van der Waals surface area contributed by atoms with Crippen molar-refractivity contribution in [1.29, 1.82) is 0 Å². The lowest BCUT2D eigenvalue weighted by molar-refractivity contribution is -0.385. The molecule has 40 heavy (non-hydrogen) atoms. The Morgan fingerprint density at radius 2 is 1.85 bits per heavy atom. The summed E-state index contributed by atoms with van der Waals surface area (Å²) < 4.78 is 34.2. The minimum atomic E-state index is -4.14. The van der Waals surface area contributed by atoms with Gasteiger partial charge in [0.05, 0.1) is 15.5 Å². The molecule has 212 valence electrons. The number of ether oxygens (including phenoxy) is 1. The van der Waals surface area contributed by atoms with E-state index in [9.17, 15) is 33.2 Å². The molecule has 1 saturated heterocycles. The highest BCUT2D eigenvalue weighted by Gasteiger charge is 2.34. The molecule has 0 amide bonds. The number of nitrogens with one attached hydrogen (secondary N) is 1. The summed E-state index contributed by atoms with van der Waals surface area (Å²) in [5.74, 6) is -3.57. The van der Waals surface area contributed by atoms with Crippen LogP contribution in [0.5, 0.6) is 5.75 Å².